The summed E-state index contributed by atoms with van der Waals surface area (Å²) in [4.78, 5) is 55.6. The molecule has 0 aliphatic heterocycles. The van der Waals surface area contributed by atoms with Crippen molar-refractivity contribution in [2.75, 3.05) is 13.1 Å². The molecule has 0 saturated heterocycles. The molecule has 4 atom stereocenters. The van der Waals surface area contributed by atoms with Gasteiger partial charge in [0.1, 0.15) is 23.9 Å². The van der Waals surface area contributed by atoms with Crippen molar-refractivity contribution in [3.8, 4) is 5.75 Å². The highest BCUT2D eigenvalue weighted by molar-refractivity contribution is 5.94. The average molecular weight is 613 g/mol. The molecule has 0 spiro atoms. The lowest BCUT2D eigenvalue weighted by Gasteiger charge is -2.25. The van der Waals surface area contributed by atoms with Crippen LogP contribution in [0.4, 0.5) is 0 Å². The quantitative estimate of drug-likeness (QED) is 0.0543. The predicted octanol–water partition coefficient (Wildman–Crippen LogP) is -0.774. The molecule has 0 unspecified atom stereocenters. The molecular weight excluding hydrogens is 568 g/mol. The summed E-state index contributed by atoms with van der Waals surface area (Å²) < 4.78 is 0. The van der Waals surface area contributed by atoms with E-state index in [9.17, 15) is 29.4 Å². The van der Waals surface area contributed by atoms with Crippen molar-refractivity contribution in [2.24, 2.45) is 27.9 Å². The van der Waals surface area contributed by atoms with Crippen molar-refractivity contribution < 1.29 is 29.4 Å². The van der Waals surface area contributed by atoms with Crippen LogP contribution in [-0.2, 0) is 32.0 Å². The largest absolute Gasteiger partial charge is 0.508 e. The molecule has 0 aromatic heterocycles. The molecule has 0 saturated carbocycles. The number of aliphatic carboxylic acids is 1. The van der Waals surface area contributed by atoms with E-state index in [-0.39, 0.29) is 43.9 Å². The molecule has 2 aromatic rings. The number of amides is 3. The number of aliphatic imine (C=N–C) groups is 1. The number of hydrogen-bond donors (Lipinski definition) is 9. The van der Waals surface area contributed by atoms with Gasteiger partial charge in [-0.05, 0) is 68.3 Å². The van der Waals surface area contributed by atoms with Crippen molar-refractivity contribution in [1.82, 2.24) is 16.0 Å². The zero-order valence-corrected chi connectivity index (χ0v) is 24.7. The van der Waals surface area contributed by atoms with Crippen molar-refractivity contribution in [3.05, 3.63) is 65.7 Å². The van der Waals surface area contributed by atoms with E-state index >= 15 is 0 Å². The summed E-state index contributed by atoms with van der Waals surface area (Å²) in [7, 11) is 0. The van der Waals surface area contributed by atoms with Gasteiger partial charge < -0.3 is 49.1 Å². The minimum Gasteiger partial charge on any atom is -0.508 e. The highest BCUT2D eigenvalue weighted by Crippen LogP contribution is 2.12. The molecule has 2 rings (SSSR count). The summed E-state index contributed by atoms with van der Waals surface area (Å²) in [5.41, 5.74) is 23.8. The summed E-state index contributed by atoms with van der Waals surface area (Å²) in [6.07, 6.45) is 1.96. The molecule has 13 N–H and O–H groups in total. The van der Waals surface area contributed by atoms with E-state index in [1.807, 2.05) is 0 Å². The maximum Gasteiger partial charge on any atom is 0.326 e. The highest BCUT2D eigenvalue weighted by Gasteiger charge is 2.30. The molecule has 0 radical (unpaired) electrons. The first-order valence-electron chi connectivity index (χ1n) is 14.5. The Morgan fingerprint density at radius 2 is 1.30 bits per heavy atom. The number of guanidine groups is 1. The first-order valence-corrected chi connectivity index (χ1v) is 14.5. The zero-order chi connectivity index (χ0) is 32.5. The van der Waals surface area contributed by atoms with Gasteiger partial charge in [-0.25, -0.2) is 4.79 Å². The Kier molecular flexibility index (Phi) is 15.1. The van der Waals surface area contributed by atoms with E-state index in [0.717, 1.165) is 11.1 Å². The van der Waals surface area contributed by atoms with Crippen LogP contribution in [0.2, 0.25) is 0 Å². The normalized spacial score (nSPS) is 13.5. The van der Waals surface area contributed by atoms with Gasteiger partial charge in [-0.15, -0.1) is 0 Å². The minimum atomic E-state index is -1.25. The third-order valence-corrected chi connectivity index (χ3v) is 6.78. The van der Waals surface area contributed by atoms with E-state index in [0.29, 0.717) is 25.8 Å². The maximum absolute atomic E-state index is 13.5. The highest BCUT2D eigenvalue weighted by atomic mass is 16.4. The number of benzene rings is 2. The summed E-state index contributed by atoms with van der Waals surface area (Å²) in [5, 5.41) is 27.1. The molecule has 44 heavy (non-hydrogen) atoms. The van der Waals surface area contributed by atoms with Crippen LogP contribution in [-0.4, -0.2) is 77.1 Å². The van der Waals surface area contributed by atoms with Crippen molar-refractivity contribution in [3.63, 3.8) is 0 Å². The second-order valence-corrected chi connectivity index (χ2v) is 10.4. The molecule has 0 bridgehead atoms. The van der Waals surface area contributed by atoms with E-state index in [1.54, 1.807) is 42.5 Å². The van der Waals surface area contributed by atoms with Crippen LogP contribution in [0.1, 0.15) is 43.2 Å². The van der Waals surface area contributed by atoms with Crippen molar-refractivity contribution in [2.45, 2.75) is 69.1 Å². The fourth-order valence-electron chi connectivity index (χ4n) is 4.38. The van der Waals surface area contributed by atoms with Crippen LogP contribution in [0, 0.1) is 0 Å². The number of carboxylic acid groups (broad SMARTS) is 1. The predicted molar refractivity (Wildman–Crippen MR) is 166 cm³/mol. The van der Waals surface area contributed by atoms with Crippen LogP contribution >= 0.6 is 0 Å². The molecule has 240 valence electrons. The average Bonchev–Trinajstić information content (AvgIpc) is 2.99. The Hall–Kier alpha value is -4.69. The van der Waals surface area contributed by atoms with Crippen LogP contribution in [0.5, 0.6) is 5.75 Å². The number of phenols is 1. The summed E-state index contributed by atoms with van der Waals surface area (Å²) in [6.45, 7) is 0.576. The van der Waals surface area contributed by atoms with Gasteiger partial charge in [0.15, 0.2) is 5.96 Å². The first-order chi connectivity index (χ1) is 21.0. The standard InChI is InChI=1S/C30H44N8O6/c31-15-5-4-9-23(36-26(40)22(32)17-20-11-13-21(39)14-12-20)27(41)38-25(18-19-7-2-1-3-8-19)28(42)37-24(29(43)44)10-6-16-35-30(33)34/h1-3,7-8,11-14,22-25,39H,4-6,9-10,15-18,31-32H2,(H,36,40)(H,37,42)(H,38,41)(H,43,44)(H4,33,34,35)/t22-,23+,24-,25-/m0/s1. The molecule has 14 heteroatoms. The topological polar surface area (TPSA) is 261 Å². The molecule has 0 aliphatic rings. The number of phenolic OH excluding ortho intramolecular Hbond substituents is 1. The lowest BCUT2D eigenvalue weighted by Crippen LogP contribution is -2.57. The number of nitrogens with zero attached hydrogens (tertiary/aromatic N) is 1. The third-order valence-electron chi connectivity index (χ3n) is 6.78. The SMILES string of the molecule is NCCCC[C@@H](NC(=O)[C@@H](N)Cc1ccc(O)cc1)C(=O)N[C@@H](Cc1ccccc1)C(=O)N[C@@H](CCCN=C(N)N)C(=O)O. The van der Waals surface area contributed by atoms with Crippen LogP contribution in [0.3, 0.4) is 0 Å². The monoisotopic (exact) mass is 612 g/mol. The number of aromatic hydroxyl groups is 1. The molecule has 0 heterocycles. The van der Waals surface area contributed by atoms with Gasteiger partial charge in [-0.2, -0.15) is 0 Å². The van der Waals surface area contributed by atoms with Crippen molar-refractivity contribution in [1.29, 1.82) is 0 Å². The lowest BCUT2D eigenvalue weighted by atomic mass is 10.0. The zero-order valence-electron chi connectivity index (χ0n) is 24.7. The summed E-state index contributed by atoms with van der Waals surface area (Å²) in [5.74, 6) is -3.18. The van der Waals surface area contributed by atoms with Gasteiger partial charge in [0, 0.05) is 13.0 Å². The second-order valence-electron chi connectivity index (χ2n) is 10.4. The molecule has 2 aromatic carbocycles. The van der Waals surface area contributed by atoms with Crippen LogP contribution in [0.15, 0.2) is 59.6 Å². The molecule has 14 nitrogen and oxygen atoms in total. The van der Waals surface area contributed by atoms with E-state index in [2.05, 4.69) is 20.9 Å². The molecule has 3 amide bonds. The number of nitrogens with one attached hydrogen (secondary N) is 3. The van der Waals surface area contributed by atoms with Gasteiger partial charge in [0.2, 0.25) is 17.7 Å². The third kappa shape index (κ3) is 13.1. The Balaban J connectivity index is 2.19. The number of rotatable bonds is 19. The smallest absolute Gasteiger partial charge is 0.326 e. The van der Waals surface area contributed by atoms with Gasteiger partial charge in [-0.3, -0.25) is 19.4 Å². The Bertz CT molecular complexity index is 1240. The molecule has 0 fully saturated rings. The van der Waals surface area contributed by atoms with Gasteiger partial charge in [0.05, 0.1) is 6.04 Å². The number of carbonyl (C=O) groups is 4. The van der Waals surface area contributed by atoms with Gasteiger partial charge >= 0.3 is 5.97 Å². The fourth-order valence-corrected chi connectivity index (χ4v) is 4.38. The van der Waals surface area contributed by atoms with E-state index in [4.69, 9.17) is 22.9 Å². The van der Waals surface area contributed by atoms with Crippen molar-refractivity contribution >= 4 is 29.7 Å². The summed E-state index contributed by atoms with van der Waals surface area (Å²) in [6, 6.07) is 10.8. The number of carboxylic acids is 1. The maximum atomic E-state index is 13.5. The van der Waals surface area contributed by atoms with Crippen LogP contribution < -0.4 is 38.9 Å². The van der Waals surface area contributed by atoms with E-state index < -0.39 is 47.9 Å². The first kappa shape index (κ1) is 35.5. The Morgan fingerprint density at radius 1 is 0.727 bits per heavy atom. The van der Waals surface area contributed by atoms with E-state index in [1.165, 1.54) is 12.1 Å². The second kappa shape index (κ2) is 18.8. The number of nitrogens with two attached hydrogens (primary N) is 4. The minimum absolute atomic E-state index is 0.0561. The van der Waals surface area contributed by atoms with Gasteiger partial charge in [0.25, 0.3) is 0 Å². The number of carbonyl (C=O) groups excluding carboxylic acids is 3. The Morgan fingerprint density at radius 3 is 1.91 bits per heavy atom. The van der Waals surface area contributed by atoms with Crippen LogP contribution in [0.25, 0.3) is 0 Å². The summed E-state index contributed by atoms with van der Waals surface area (Å²) >= 11 is 0. The number of unbranched alkanes of at least 4 members (excludes halogenated alkanes) is 1. The van der Waals surface area contributed by atoms with Gasteiger partial charge in [-0.1, -0.05) is 42.5 Å². The number of hydrogen-bond acceptors (Lipinski definition) is 8. The fraction of sp³-hybridized carbons (Fsp3) is 0.433. The Labute approximate surface area is 256 Å². The lowest BCUT2D eigenvalue weighted by molar-refractivity contribution is -0.142. The molecular formula is C30H44N8O6. The molecule has 0 aliphatic carbocycles.